The van der Waals surface area contributed by atoms with Gasteiger partial charge in [0.2, 0.25) is 0 Å². The fourth-order valence-corrected chi connectivity index (χ4v) is 1.54. The van der Waals surface area contributed by atoms with Crippen LogP contribution in [0, 0.1) is 5.92 Å². The van der Waals surface area contributed by atoms with Crippen molar-refractivity contribution in [2.75, 3.05) is 18.5 Å². The van der Waals surface area contributed by atoms with Crippen molar-refractivity contribution in [1.82, 2.24) is 5.32 Å². The third-order valence-electron chi connectivity index (χ3n) is 2.55. The summed E-state index contributed by atoms with van der Waals surface area (Å²) in [4.78, 5) is 35.2. The first kappa shape index (κ1) is 16.7. The Kier molecular flexibility index (Phi) is 6.39. The van der Waals surface area contributed by atoms with Gasteiger partial charge in [-0.3, -0.25) is 9.59 Å². The number of benzene rings is 1. The summed E-state index contributed by atoms with van der Waals surface area (Å²) in [6.07, 6.45) is 0. The predicted molar refractivity (Wildman–Crippen MR) is 78.9 cm³/mol. The normalized spacial score (nSPS) is 10.1. The van der Waals surface area contributed by atoms with Crippen LogP contribution in [0.4, 0.5) is 5.69 Å². The van der Waals surface area contributed by atoms with Gasteiger partial charge in [0.15, 0.2) is 0 Å². The highest BCUT2D eigenvalue weighted by Gasteiger charge is 2.18. The molecule has 0 radical (unpaired) electrons. The number of ether oxygens (including phenoxy) is 1. The van der Waals surface area contributed by atoms with E-state index >= 15 is 0 Å². The monoisotopic (exact) mass is 292 g/mol. The number of carbonyl (C=O) groups excluding carboxylic acids is 3. The molecule has 0 aliphatic rings. The van der Waals surface area contributed by atoms with E-state index in [4.69, 9.17) is 4.74 Å². The van der Waals surface area contributed by atoms with Crippen molar-refractivity contribution in [2.24, 2.45) is 5.92 Å². The van der Waals surface area contributed by atoms with Gasteiger partial charge < -0.3 is 15.4 Å². The van der Waals surface area contributed by atoms with E-state index in [0.717, 1.165) is 0 Å². The van der Waals surface area contributed by atoms with Gasteiger partial charge in [0.25, 0.3) is 0 Å². The van der Waals surface area contributed by atoms with Gasteiger partial charge in [0, 0.05) is 6.54 Å². The molecule has 114 valence electrons. The molecule has 0 saturated heterocycles. The lowest BCUT2D eigenvalue weighted by atomic mass is 10.1. The molecule has 0 bridgehead atoms. The van der Waals surface area contributed by atoms with Crippen LogP contribution in [-0.2, 0) is 14.3 Å². The van der Waals surface area contributed by atoms with Gasteiger partial charge in [-0.15, -0.1) is 0 Å². The topological polar surface area (TPSA) is 84.5 Å². The molecule has 6 heteroatoms. The Bertz CT molecular complexity index is 526. The van der Waals surface area contributed by atoms with Crippen molar-refractivity contribution in [2.45, 2.75) is 20.8 Å². The van der Waals surface area contributed by atoms with Crippen molar-refractivity contribution in [3.63, 3.8) is 0 Å². The molecule has 0 atom stereocenters. The Morgan fingerprint density at radius 2 is 1.81 bits per heavy atom. The van der Waals surface area contributed by atoms with Gasteiger partial charge in [-0.1, -0.05) is 26.0 Å². The molecule has 1 aromatic carbocycles. The number of amides is 2. The second-order valence-corrected chi connectivity index (χ2v) is 4.82. The van der Waals surface area contributed by atoms with E-state index in [1.54, 1.807) is 25.1 Å². The van der Waals surface area contributed by atoms with Crippen LogP contribution in [0.1, 0.15) is 31.1 Å². The summed E-state index contributed by atoms with van der Waals surface area (Å²) >= 11 is 0. The minimum absolute atomic E-state index is 0.212. The van der Waals surface area contributed by atoms with E-state index in [9.17, 15) is 14.4 Å². The Morgan fingerprint density at radius 3 is 2.43 bits per heavy atom. The standard InChI is InChI=1S/C15H20N2O4/c1-4-21-15(20)11-7-5-6-8-12(11)17-14(19)13(18)16-9-10(2)3/h5-8,10H,4,9H2,1-3H3,(H,16,18)(H,17,19). The van der Waals surface area contributed by atoms with Crippen LogP contribution in [0.25, 0.3) is 0 Å². The summed E-state index contributed by atoms with van der Waals surface area (Å²) in [5.41, 5.74) is 0.463. The SMILES string of the molecule is CCOC(=O)c1ccccc1NC(=O)C(=O)NCC(C)C. The van der Waals surface area contributed by atoms with Gasteiger partial charge in [-0.25, -0.2) is 4.79 Å². The molecular weight excluding hydrogens is 272 g/mol. The first-order valence-electron chi connectivity index (χ1n) is 6.81. The van der Waals surface area contributed by atoms with Crippen molar-refractivity contribution in [1.29, 1.82) is 0 Å². The van der Waals surface area contributed by atoms with E-state index < -0.39 is 17.8 Å². The smallest absolute Gasteiger partial charge is 0.340 e. The lowest BCUT2D eigenvalue weighted by Crippen LogP contribution is -2.37. The summed E-state index contributed by atoms with van der Waals surface area (Å²) in [7, 11) is 0. The number of anilines is 1. The zero-order valence-corrected chi connectivity index (χ0v) is 12.4. The maximum Gasteiger partial charge on any atom is 0.340 e. The third kappa shape index (κ3) is 5.25. The number of carbonyl (C=O) groups is 3. The van der Waals surface area contributed by atoms with Gasteiger partial charge in [-0.2, -0.15) is 0 Å². The molecule has 21 heavy (non-hydrogen) atoms. The third-order valence-corrected chi connectivity index (χ3v) is 2.55. The van der Waals surface area contributed by atoms with E-state index in [1.165, 1.54) is 6.07 Å². The lowest BCUT2D eigenvalue weighted by Gasteiger charge is -2.11. The summed E-state index contributed by atoms with van der Waals surface area (Å²) in [5.74, 6) is -1.85. The molecule has 0 unspecified atom stereocenters. The molecule has 2 N–H and O–H groups in total. The Labute approximate surface area is 123 Å². The average molecular weight is 292 g/mol. The van der Waals surface area contributed by atoms with Crippen LogP contribution in [0.2, 0.25) is 0 Å². The van der Waals surface area contributed by atoms with Crippen LogP contribution in [0.15, 0.2) is 24.3 Å². The van der Waals surface area contributed by atoms with Crippen LogP contribution >= 0.6 is 0 Å². The number of rotatable bonds is 5. The first-order valence-corrected chi connectivity index (χ1v) is 6.81. The zero-order valence-electron chi connectivity index (χ0n) is 12.4. The number of para-hydroxylation sites is 1. The van der Waals surface area contributed by atoms with Gasteiger partial charge in [0.05, 0.1) is 17.9 Å². The quantitative estimate of drug-likeness (QED) is 0.637. The molecule has 0 heterocycles. The van der Waals surface area contributed by atoms with Crippen molar-refractivity contribution in [3.8, 4) is 0 Å². The van der Waals surface area contributed by atoms with Crippen molar-refractivity contribution >= 4 is 23.5 Å². The Balaban J connectivity index is 2.76. The summed E-state index contributed by atoms with van der Waals surface area (Å²) in [6.45, 7) is 6.18. The largest absolute Gasteiger partial charge is 0.462 e. The average Bonchev–Trinajstić information content (AvgIpc) is 2.45. The number of hydrogen-bond donors (Lipinski definition) is 2. The minimum Gasteiger partial charge on any atom is -0.462 e. The van der Waals surface area contributed by atoms with Gasteiger partial charge >= 0.3 is 17.8 Å². The molecule has 6 nitrogen and oxygen atoms in total. The molecule has 1 aromatic rings. The predicted octanol–water partition coefficient (Wildman–Crippen LogP) is 1.57. The first-order chi connectivity index (χ1) is 9.95. The molecule has 2 amide bonds. The van der Waals surface area contributed by atoms with Gasteiger partial charge in [-0.05, 0) is 25.0 Å². The Morgan fingerprint density at radius 1 is 1.14 bits per heavy atom. The highest BCUT2D eigenvalue weighted by Crippen LogP contribution is 2.16. The molecule has 1 rings (SSSR count). The van der Waals surface area contributed by atoms with E-state index in [2.05, 4.69) is 10.6 Å². The van der Waals surface area contributed by atoms with Crippen LogP contribution in [0.3, 0.4) is 0 Å². The van der Waals surface area contributed by atoms with Crippen molar-refractivity contribution in [3.05, 3.63) is 29.8 Å². The van der Waals surface area contributed by atoms with Crippen LogP contribution in [-0.4, -0.2) is 30.9 Å². The summed E-state index contributed by atoms with van der Waals surface area (Å²) in [5, 5.41) is 4.93. The minimum atomic E-state index is -0.813. The zero-order chi connectivity index (χ0) is 15.8. The number of esters is 1. The Hall–Kier alpha value is -2.37. The lowest BCUT2D eigenvalue weighted by molar-refractivity contribution is -0.136. The molecule has 0 aromatic heterocycles. The van der Waals surface area contributed by atoms with E-state index in [-0.39, 0.29) is 23.8 Å². The fourth-order valence-electron chi connectivity index (χ4n) is 1.54. The highest BCUT2D eigenvalue weighted by atomic mass is 16.5. The fraction of sp³-hybridized carbons (Fsp3) is 0.400. The molecule has 0 fully saturated rings. The summed E-state index contributed by atoms with van der Waals surface area (Å²) < 4.78 is 4.90. The highest BCUT2D eigenvalue weighted by molar-refractivity contribution is 6.40. The number of nitrogens with one attached hydrogen (secondary N) is 2. The molecular formula is C15H20N2O4. The molecule has 0 aliphatic carbocycles. The summed E-state index contributed by atoms with van der Waals surface area (Å²) in [6, 6.07) is 6.38. The van der Waals surface area contributed by atoms with Crippen LogP contribution in [0.5, 0.6) is 0 Å². The maximum atomic E-state index is 11.8. The number of hydrogen-bond acceptors (Lipinski definition) is 4. The van der Waals surface area contributed by atoms with E-state index in [1.807, 2.05) is 13.8 Å². The van der Waals surface area contributed by atoms with Gasteiger partial charge in [0.1, 0.15) is 0 Å². The molecule has 0 aliphatic heterocycles. The second kappa shape index (κ2) is 8.04. The maximum absolute atomic E-state index is 11.8. The second-order valence-electron chi connectivity index (χ2n) is 4.82. The molecule has 0 spiro atoms. The van der Waals surface area contributed by atoms with Crippen LogP contribution < -0.4 is 10.6 Å². The van der Waals surface area contributed by atoms with Crippen molar-refractivity contribution < 1.29 is 19.1 Å². The molecule has 0 saturated carbocycles. The van der Waals surface area contributed by atoms with E-state index in [0.29, 0.717) is 6.54 Å².